The minimum Gasteiger partial charge on any atom is -0.493 e. The van der Waals surface area contributed by atoms with Gasteiger partial charge in [-0.1, -0.05) is 12.1 Å². The molecule has 4 rings (SSSR count). The first kappa shape index (κ1) is 20.9. The number of hydrogen-bond donors (Lipinski definition) is 2. The van der Waals surface area contributed by atoms with Crippen LogP contribution in [-0.2, 0) is 6.54 Å². The van der Waals surface area contributed by atoms with Gasteiger partial charge in [-0.15, -0.1) is 0 Å². The van der Waals surface area contributed by atoms with Gasteiger partial charge in [0, 0.05) is 24.9 Å². The Bertz CT molecular complexity index is 1340. The molecule has 2 aromatic carbocycles. The standard InChI is InChI=1S/C23H20N4O5/c1-30-18-8-7-15(12-19(18)31-2)32-20-11-14(9-10-24-20)13-25-23(29)21-26-17-6-4-3-5-16(17)22(28)27-21/h3-12H,13H2,1-2H3,(H,25,29)(H,26,27,28). The molecule has 162 valence electrons. The molecule has 2 N–H and O–H groups in total. The molecule has 0 aliphatic rings. The third-order valence-electron chi connectivity index (χ3n) is 4.66. The first-order valence-corrected chi connectivity index (χ1v) is 9.69. The number of fused-ring (bicyclic) bond motifs is 1. The Kier molecular flexibility index (Phi) is 5.98. The van der Waals surface area contributed by atoms with E-state index in [0.29, 0.717) is 34.0 Å². The lowest BCUT2D eigenvalue weighted by Gasteiger charge is -2.11. The molecule has 9 heteroatoms. The van der Waals surface area contributed by atoms with Gasteiger partial charge in [0.25, 0.3) is 11.5 Å². The molecule has 0 spiro atoms. The van der Waals surface area contributed by atoms with Crippen LogP contribution in [-0.4, -0.2) is 35.1 Å². The van der Waals surface area contributed by atoms with E-state index in [1.807, 2.05) is 0 Å². The van der Waals surface area contributed by atoms with Crippen molar-refractivity contribution < 1.29 is 19.0 Å². The highest BCUT2D eigenvalue weighted by Gasteiger charge is 2.12. The number of aromatic nitrogens is 3. The van der Waals surface area contributed by atoms with Crippen LogP contribution >= 0.6 is 0 Å². The molecule has 0 bridgehead atoms. The fourth-order valence-electron chi connectivity index (χ4n) is 3.08. The minimum absolute atomic E-state index is 0.0513. The molecule has 2 heterocycles. The Labute approximate surface area is 183 Å². The summed E-state index contributed by atoms with van der Waals surface area (Å²) >= 11 is 0. The lowest BCUT2D eigenvalue weighted by atomic mass is 10.2. The lowest BCUT2D eigenvalue weighted by molar-refractivity contribution is 0.0940. The summed E-state index contributed by atoms with van der Waals surface area (Å²) in [4.78, 5) is 35.6. The summed E-state index contributed by atoms with van der Waals surface area (Å²) in [6.45, 7) is 0.195. The van der Waals surface area contributed by atoms with Gasteiger partial charge in [0.05, 0.1) is 25.1 Å². The van der Waals surface area contributed by atoms with Crippen molar-refractivity contribution >= 4 is 16.8 Å². The van der Waals surface area contributed by atoms with E-state index in [-0.39, 0.29) is 17.9 Å². The van der Waals surface area contributed by atoms with Gasteiger partial charge in [0.15, 0.2) is 17.3 Å². The maximum atomic E-state index is 12.5. The van der Waals surface area contributed by atoms with Crippen LogP contribution in [0.3, 0.4) is 0 Å². The van der Waals surface area contributed by atoms with Gasteiger partial charge in [0.1, 0.15) is 5.75 Å². The Morgan fingerprint density at radius 1 is 1.03 bits per heavy atom. The normalized spacial score (nSPS) is 10.6. The quantitative estimate of drug-likeness (QED) is 0.461. The summed E-state index contributed by atoms with van der Waals surface area (Å²) in [5.74, 6) is 1.45. The second-order valence-corrected chi connectivity index (χ2v) is 6.74. The van der Waals surface area contributed by atoms with Crippen molar-refractivity contribution in [2.24, 2.45) is 0 Å². The topological polar surface area (TPSA) is 115 Å². The molecule has 4 aromatic rings. The predicted molar refractivity (Wildman–Crippen MR) is 117 cm³/mol. The molecule has 2 aromatic heterocycles. The van der Waals surface area contributed by atoms with Crippen molar-refractivity contribution in [3.05, 3.63) is 82.5 Å². The number of aromatic amines is 1. The fraction of sp³-hybridized carbons (Fsp3) is 0.130. The van der Waals surface area contributed by atoms with Crippen LogP contribution in [0.2, 0.25) is 0 Å². The molecule has 0 atom stereocenters. The van der Waals surface area contributed by atoms with Gasteiger partial charge in [-0.05, 0) is 35.9 Å². The lowest BCUT2D eigenvalue weighted by Crippen LogP contribution is -2.27. The van der Waals surface area contributed by atoms with E-state index in [0.717, 1.165) is 5.56 Å². The average molecular weight is 432 g/mol. The SMILES string of the molecule is COc1ccc(Oc2cc(CNC(=O)c3nc4ccccc4c(=O)[nH]3)ccn2)cc1OC. The van der Waals surface area contributed by atoms with Crippen LogP contribution in [0.4, 0.5) is 0 Å². The summed E-state index contributed by atoms with van der Waals surface area (Å²) in [5.41, 5.74) is 0.846. The first-order valence-electron chi connectivity index (χ1n) is 9.69. The molecule has 9 nitrogen and oxygen atoms in total. The fourth-order valence-corrected chi connectivity index (χ4v) is 3.08. The van der Waals surface area contributed by atoms with E-state index >= 15 is 0 Å². The number of benzene rings is 2. The van der Waals surface area contributed by atoms with Gasteiger partial charge in [-0.3, -0.25) is 9.59 Å². The van der Waals surface area contributed by atoms with Gasteiger partial charge >= 0.3 is 0 Å². The number of rotatable bonds is 7. The molecule has 0 aliphatic carbocycles. The summed E-state index contributed by atoms with van der Waals surface area (Å²) < 4.78 is 16.3. The third-order valence-corrected chi connectivity index (χ3v) is 4.66. The van der Waals surface area contributed by atoms with E-state index in [1.54, 1.807) is 75.0 Å². The van der Waals surface area contributed by atoms with Crippen molar-refractivity contribution in [1.29, 1.82) is 0 Å². The molecule has 0 saturated carbocycles. The highest BCUT2D eigenvalue weighted by atomic mass is 16.5. The van der Waals surface area contributed by atoms with Crippen LogP contribution in [0.1, 0.15) is 16.2 Å². The van der Waals surface area contributed by atoms with Crippen LogP contribution in [0.15, 0.2) is 65.6 Å². The number of carbonyl (C=O) groups is 1. The molecular formula is C23H20N4O5. The smallest absolute Gasteiger partial charge is 0.287 e. The summed E-state index contributed by atoms with van der Waals surface area (Å²) in [7, 11) is 3.10. The van der Waals surface area contributed by atoms with Crippen molar-refractivity contribution in [3.63, 3.8) is 0 Å². The zero-order chi connectivity index (χ0) is 22.5. The average Bonchev–Trinajstić information content (AvgIpc) is 2.82. The monoisotopic (exact) mass is 432 g/mol. The van der Waals surface area contributed by atoms with Crippen LogP contribution in [0.5, 0.6) is 23.1 Å². The Balaban J connectivity index is 1.45. The zero-order valence-corrected chi connectivity index (χ0v) is 17.4. The van der Waals surface area contributed by atoms with Gasteiger partial charge in [-0.2, -0.15) is 0 Å². The Morgan fingerprint density at radius 3 is 2.66 bits per heavy atom. The van der Waals surface area contributed by atoms with E-state index < -0.39 is 5.91 Å². The molecule has 0 unspecified atom stereocenters. The Morgan fingerprint density at radius 2 is 1.84 bits per heavy atom. The number of amides is 1. The number of para-hydroxylation sites is 1. The molecule has 0 saturated heterocycles. The van der Waals surface area contributed by atoms with Crippen LogP contribution < -0.4 is 25.1 Å². The van der Waals surface area contributed by atoms with Crippen LogP contribution in [0.25, 0.3) is 10.9 Å². The van der Waals surface area contributed by atoms with Crippen molar-refractivity contribution in [1.82, 2.24) is 20.3 Å². The van der Waals surface area contributed by atoms with Gasteiger partial charge < -0.3 is 24.5 Å². The maximum Gasteiger partial charge on any atom is 0.287 e. The van der Waals surface area contributed by atoms with E-state index in [2.05, 4.69) is 20.3 Å². The maximum absolute atomic E-state index is 12.5. The number of hydrogen-bond acceptors (Lipinski definition) is 7. The van der Waals surface area contributed by atoms with Gasteiger partial charge in [0.2, 0.25) is 5.88 Å². The Hall–Kier alpha value is -4.40. The van der Waals surface area contributed by atoms with E-state index in [4.69, 9.17) is 14.2 Å². The van der Waals surface area contributed by atoms with Crippen molar-refractivity contribution in [2.45, 2.75) is 6.54 Å². The zero-order valence-electron chi connectivity index (χ0n) is 17.4. The predicted octanol–water partition coefficient (Wildman–Crippen LogP) is 3.06. The first-order chi connectivity index (χ1) is 15.6. The summed E-state index contributed by atoms with van der Waals surface area (Å²) in [6.07, 6.45) is 1.58. The second kappa shape index (κ2) is 9.17. The molecule has 0 radical (unpaired) electrons. The highest BCUT2D eigenvalue weighted by molar-refractivity contribution is 5.92. The summed E-state index contributed by atoms with van der Waals surface area (Å²) in [6, 6.07) is 15.4. The summed E-state index contributed by atoms with van der Waals surface area (Å²) in [5, 5.41) is 3.17. The number of H-pyrrole nitrogens is 1. The number of nitrogens with one attached hydrogen (secondary N) is 2. The van der Waals surface area contributed by atoms with E-state index in [1.165, 1.54) is 0 Å². The minimum atomic E-state index is -0.493. The number of ether oxygens (including phenoxy) is 3. The molecule has 0 aliphatic heterocycles. The molecule has 1 amide bonds. The van der Waals surface area contributed by atoms with Crippen molar-refractivity contribution in [2.75, 3.05) is 14.2 Å². The number of nitrogens with zero attached hydrogens (tertiary/aromatic N) is 2. The molecule has 32 heavy (non-hydrogen) atoms. The number of pyridine rings is 1. The molecular weight excluding hydrogens is 412 g/mol. The van der Waals surface area contributed by atoms with E-state index in [9.17, 15) is 9.59 Å². The number of methoxy groups -OCH3 is 2. The van der Waals surface area contributed by atoms with Crippen LogP contribution in [0, 0.1) is 0 Å². The molecule has 0 fully saturated rings. The highest BCUT2D eigenvalue weighted by Crippen LogP contribution is 2.32. The van der Waals surface area contributed by atoms with Crippen molar-refractivity contribution in [3.8, 4) is 23.1 Å². The van der Waals surface area contributed by atoms with Gasteiger partial charge in [-0.25, -0.2) is 9.97 Å². The number of carbonyl (C=O) groups excluding carboxylic acids is 1. The largest absolute Gasteiger partial charge is 0.493 e. The third kappa shape index (κ3) is 4.51. The second-order valence-electron chi connectivity index (χ2n) is 6.74.